The van der Waals surface area contributed by atoms with Crippen LogP contribution in [0.5, 0.6) is 0 Å². The number of aromatic amines is 1. The smallest absolute Gasteiger partial charge is 0.151 e. The minimum atomic E-state index is 0.956. The fourth-order valence-electron chi connectivity index (χ4n) is 2.15. The summed E-state index contributed by atoms with van der Waals surface area (Å²) >= 11 is 0. The predicted molar refractivity (Wildman–Crippen MR) is 58.6 cm³/mol. The van der Waals surface area contributed by atoms with Crippen molar-refractivity contribution in [3.05, 3.63) is 11.3 Å². The number of aryl methyl sites for hydroxylation is 1. The lowest BCUT2D eigenvalue weighted by Gasteiger charge is -2.10. The summed E-state index contributed by atoms with van der Waals surface area (Å²) in [6, 6.07) is 0. The van der Waals surface area contributed by atoms with E-state index < -0.39 is 0 Å². The van der Waals surface area contributed by atoms with E-state index in [1.165, 1.54) is 49.8 Å². The van der Waals surface area contributed by atoms with E-state index in [1.807, 2.05) is 0 Å². The summed E-state index contributed by atoms with van der Waals surface area (Å²) in [6.45, 7) is 3.07. The summed E-state index contributed by atoms with van der Waals surface area (Å²) in [5.41, 5.74) is 2.80. The molecule has 3 heteroatoms. The number of hydrogen-bond acceptors (Lipinski definition) is 2. The van der Waals surface area contributed by atoms with Crippen molar-refractivity contribution < 1.29 is 0 Å². The van der Waals surface area contributed by atoms with Crippen molar-refractivity contribution in [3.63, 3.8) is 0 Å². The molecule has 2 rings (SSSR count). The molecule has 2 N–H and O–H groups in total. The molecule has 0 amide bonds. The van der Waals surface area contributed by atoms with Crippen LogP contribution in [0.3, 0.4) is 0 Å². The fraction of sp³-hybridized carbons (Fsp3) is 0.727. The van der Waals surface area contributed by atoms with Gasteiger partial charge in [0, 0.05) is 17.8 Å². The zero-order chi connectivity index (χ0) is 9.80. The lowest BCUT2D eigenvalue weighted by molar-refractivity contribution is 0.612. The van der Waals surface area contributed by atoms with Crippen LogP contribution < -0.4 is 5.32 Å². The van der Waals surface area contributed by atoms with Crippen LogP contribution >= 0.6 is 0 Å². The van der Waals surface area contributed by atoms with Crippen LogP contribution in [0.4, 0.5) is 5.82 Å². The number of nitrogens with one attached hydrogen (secondary N) is 2. The van der Waals surface area contributed by atoms with Crippen LogP contribution in [-0.2, 0) is 12.8 Å². The minimum Gasteiger partial charge on any atom is -0.369 e. The molecule has 0 saturated heterocycles. The molecule has 0 aromatic carbocycles. The second-order valence-electron chi connectivity index (χ2n) is 3.97. The van der Waals surface area contributed by atoms with E-state index in [-0.39, 0.29) is 0 Å². The van der Waals surface area contributed by atoms with Gasteiger partial charge in [-0.05, 0) is 32.6 Å². The molecular formula is C11H19N3. The van der Waals surface area contributed by atoms with E-state index in [4.69, 9.17) is 0 Å². The van der Waals surface area contributed by atoms with Gasteiger partial charge in [0.2, 0.25) is 0 Å². The van der Waals surface area contributed by atoms with Gasteiger partial charge in [-0.2, -0.15) is 5.10 Å². The van der Waals surface area contributed by atoms with Gasteiger partial charge in [0.1, 0.15) is 0 Å². The molecule has 14 heavy (non-hydrogen) atoms. The van der Waals surface area contributed by atoms with Crippen molar-refractivity contribution in [3.8, 4) is 0 Å². The van der Waals surface area contributed by atoms with Crippen molar-refractivity contribution >= 4 is 5.82 Å². The molecule has 1 aliphatic rings. The van der Waals surface area contributed by atoms with Crippen molar-refractivity contribution in [1.82, 2.24) is 10.2 Å². The molecule has 78 valence electrons. The van der Waals surface area contributed by atoms with E-state index in [1.54, 1.807) is 0 Å². The number of aromatic nitrogens is 2. The summed E-state index contributed by atoms with van der Waals surface area (Å²) < 4.78 is 0. The van der Waals surface area contributed by atoms with Crippen molar-refractivity contribution in [2.45, 2.75) is 45.4 Å². The molecule has 0 atom stereocenters. The molecule has 1 heterocycles. The maximum absolute atomic E-state index is 4.33. The third-order valence-corrected chi connectivity index (χ3v) is 2.90. The first-order valence-electron chi connectivity index (χ1n) is 5.71. The third-order valence-electron chi connectivity index (χ3n) is 2.90. The summed E-state index contributed by atoms with van der Waals surface area (Å²) in [6.07, 6.45) is 7.72. The van der Waals surface area contributed by atoms with Crippen LogP contribution in [0.15, 0.2) is 0 Å². The Labute approximate surface area is 85.3 Å². The maximum atomic E-state index is 4.33. The number of hydrogen-bond donors (Lipinski definition) is 2. The van der Waals surface area contributed by atoms with E-state index in [2.05, 4.69) is 22.4 Å². The lowest BCUT2D eigenvalue weighted by atomic mass is 9.98. The number of rotatable bonds is 2. The number of H-pyrrole nitrogens is 1. The highest BCUT2D eigenvalue weighted by atomic mass is 15.2. The van der Waals surface area contributed by atoms with Crippen molar-refractivity contribution in [1.29, 1.82) is 0 Å². The molecule has 0 aliphatic heterocycles. The molecule has 0 spiro atoms. The molecular weight excluding hydrogens is 174 g/mol. The first-order chi connectivity index (χ1) is 6.92. The third kappa shape index (κ3) is 1.91. The second-order valence-corrected chi connectivity index (χ2v) is 3.97. The summed E-state index contributed by atoms with van der Waals surface area (Å²) in [5, 5.41) is 10.8. The summed E-state index contributed by atoms with van der Waals surface area (Å²) in [4.78, 5) is 0. The summed E-state index contributed by atoms with van der Waals surface area (Å²) in [7, 11) is 0. The van der Waals surface area contributed by atoms with Gasteiger partial charge < -0.3 is 5.32 Å². The second kappa shape index (κ2) is 4.49. The summed E-state index contributed by atoms with van der Waals surface area (Å²) in [5.74, 6) is 1.09. The zero-order valence-electron chi connectivity index (χ0n) is 8.90. The average molecular weight is 193 g/mol. The number of anilines is 1. The maximum Gasteiger partial charge on any atom is 0.151 e. The molecule has 1 aromatic heterocycles. The Morgan fingerprint density at radius 3 is 2.79 bits per heavy atom. The topological polar surface area (TPSA) is 40.7 Å². The van der Waals surface area contributed by atoms with E-state index in [0.717, 1.165) is 12.4 Å². The van der Waals surface area contributed by atoms with Crippen LogP contribution in [0.25, 0.3) is 0 Å². The predicted octanol–water partition coefficient (Wildman–Crippen LogP) is 2.50. The monoisotopic (exact) mass is 193 g/mol. The zero-order valence-corrected chi connectivity index (χ0v) is 8.90. The van der Waals surface area contributed by atoms with Crippen LogP contribution in [0.2, 0.25) is 0 Å². The molecule has 0 unspecified atom stereocenters. The Balaban J connectivity index is 2.19. The largest absolute Gasteiger partial charge is 0.369 e. The van der Waals surface area contributed by atoms with Gasteiger partial charge in [-0.1, -0.05) is 12.8 Å². The Morgan fingerprint density at radius 2 is 2.00 bits per heavy atom. The SMILES string of the molecule is CCNc1n[nH]c2c1CCCCCC2. The van der Waals surface area contributed by atoms with Gasteiger partial charge in [0.05, 0.1) is 0 Å². The van der Waals surface area contributed by atoms with E-state index in [9.17, 15) is 0 Å². The normalized spacial score (nSPS) is 16.9. The molecule has 3 nitrogen and oxygen atoms in total. The Morgan fingerprint density at radius 1 is 1.21 bits per heavy atom. The molecule has 0 radical (unpaired) electrons. The fourth-order valence-corrected chi connectivity index (χ4v) is 2.15. The average Bonchev–Trinajstić information content (AvgIpc) is 2.48. The van der Waals surface area contributed by atoms with Gasteiger partial charge in [-0.15, -0.1) is 0 Å². The van der Waals surface area contributed by atoms with Crippen molar-refractivity contribution in [2.75, 3.05) is 11.9 Å². The highest BCUT2D eigenvalue weighted by Crippen LogP contribution is 2.23. The van der Waals surface area contributed by atoms with Gasteiger partial charge >= 0.3 is 0 Å². The Hall–Kier alpha value is -0.990. The molecule has 0 fully saturated rings. The number of fused-ring (bicyclic) bond motifs is 1. The van der Waals surface area contributed by atoms with Gasteiger partial charge in [0.25, 0.3) is 0 Å². The van der Waals surface area contributed by atoms with Gasteiger partial charge in [-0.3, -0.25) is 5.10 Å². The first kappa shape index (κ1) is 9.56. The van der Waals surface area contributed by atoms with Gasteiger partial charge in [0.15, 0.2) is 5.82 Å². The Kier molecular flexibility index (Phi) is 3.07. The highest BCUT2D eigenvalue weighted by molar-refractivity contribution is 5.46. The molecule has 0 bridgehead atoms. The highest BCUT2D eigenvalue weighted by Gasteiger charge is 2.13. The van der Waals surface area contributed by atoms with Crippen LogP contribution in [0, 0.1) is 0 Å². The molecule has 1 aliphatic carbocycles. The minimum absolute atomic E-state index is 0.956. The lowest BCUT2D eigenvalue weighted by Crippen LogP contribution is -2.03. The van der Waals surface area contributed by atoms with E-state index >= 15 is 0 Å². The number of nitrogens with zero attached hydrogens (tertiary/aromatic N) is 1. The Bertz CT molecular complexity index is 277. The first-order valence-corrected chi connectivity index (χ1v) is 5.71. The quantitative estimate of drug-likeness (QED) is 0.757. The van der Waals surface area contributed by atoms with Crippen LogP contribution in [-0.4, -0.2) is 16.7 Å². The van der Waals surface area contributed by atoms with Gasteiger partial charge in [-0.25, -0.2) is 0 Å². The van der Waals surface area contributed by atoms with E-state index in [0.29, 0.717) is 0 Å². The van der Waals surface area contributed by atoms with Crippen molar-refractivity contribution in [2.24, 2.45) is 0 Å². The molecule has 1 aromatic rings. The van der Waals surface area contributed by atoms with Crippen LogP contribution in [0.1, 0.15) is 43.9 Å². The molecule has 0 saturated carbocycles. The standard InChI is InChI=1S/C11H19N3/c1-2-12-11-9-7-5-3-4-6-8-10(9)13-14-11/h2-8H2,1H3,(H2,12,13,14).